The first-order chi connectivity index (χ1) is 9.92. The molecular formula is C15H23ClN2O3. The number of hydrogen-bond acceptors (Lipinski definition) is 4. The van der Waals surface area contributed by atoms with Crippen LogP contribution in [0.15, 0.2) is 18.2 Å². The zero-order chi connectivity index (χ0) is 15.8. The van der Waals surface area contributed by atoms with Gasteiger partial charge in [-0.1, -0.05) is 17.7 Å². The van der Waals surface area contributed by atoms with E-state index in [1.165, 1.54) is 0 Å². The summed E-state index contributed by atoms with van der Waals surface area (Å²) in [6, 6.07) is 5.48. The number of ether oxygens (including phenoxy) is 2. The van der Waals surface area contributed by atoms with Crippen molar-refractivity contribution >= 4 is 17.5 Å². The average Bonchev–Trinajstić information content (AvgIpc) is 2.37. The Hall–Kier alpha value is -1.30. The van der Waals surface area contributed by atoms with E-state index in [1.807, 2.05) is 26.0 Å². The standard InChI is InChI=1S/C15H23ClN2O3/c1-10(17)6-12-4-5-14(13(16)7-12)21-9-15(19)18-11(2)8-20-3/h4-5,7,10-11H,6,8-9,17H2,1-3H3,(H,18,19). The van der Waals surface area contributed by atoms with Crippen molar-refractivity contribution in [1.29, 1.82) is 0 Å². The van der Waals surface area contributed by atoms with Crippen LogP contribution in [0.25, 0.3) is 0 Å². The van der Waals surface area contributed by atoms with Gasteiger partial charge in [-0.15, -0.1) is 0 Å². The Morgan fingerprint density at radius 1 is 1.43 bits per heavy atom. The van der Waals surface area contributed by atoms with Crippen molar-refractivity contribution in [3.8, 4) is 5.75 Å². The van der Waals surface area contributed by atoms with Crippen LogP contribution in [0.1, 0.15) is 19.4 Å². The predicted octanol–water partition coefficient (Wildman–Crippen LogP) is 1.76. The molecule has 0 bridgehead atoms. The molecule has 0 aliphatic carbocycles. The molecule has 5 nitrogen and oxygen atoms in total. The number of methoxy groups -OCH3 is 1. The minimum Gasteiger partial charge on any atom is -0.482 e. The third-order valence-electron chi connectivity index (χ3n) is 2.74. The predicted molar refractivity (Wildman–Crippen MR) is 83.8 cm³/mol. The Labute approximate surface area is 130 Å². The van der Waals surface area contributed by atoms with Gasteiger partial charge in [0.15, 0.2) is 6.61 Å². The highest BCUT2D eigenvalue weighted by Crippen LogP contribution is 2.25. The van der Waals surface area contributed by atoms with Gasteiger partial charge in [0.05, 0.1) is 11.6 Å². The topological polar surface area (TPSA) is 73.6 Å². The smallest absolute Gasteiger partial charge is 0.258 e. The second kappa shape index (κ2) is 8.87. The second-order valence-electron chi connectivity index (χ2n) is 5.16. The van der Waals surface area contributed by atoms with Gasteiger partial charge in [0, 0.05) is 19.2 Å². The van der Waals surface area contributed by atoms with Gasteiger partial charge < -0.3 is 20.5 Å². The molecule has 0 spiro atoms. The summed E-state index contributed by atoms with van der Waals surface area (Å²) in [7, 11) is 1.59. The van der Waals surface area contributed by atoms with Gasteiger partial charge in [0.2, 0.25) is 0 Å². The van der Waals surface area contributed by atoms with E-state index < -0.39 is 0 Å². The van der Waals surface area contributed by atoms with E-state index in [9.17, 15) is 4.79 Å². The molecule has 0 heterocycles. The lowest BCUT2D eigenvalue weighted by Crippen LogP contribution is -2.38. The van der Waals surface area contributed by atoms with Gasteiger partial charge in [-0.3, -0.25) is 4.79 Å². The molecule has 0 saturated carbocycles. The van der Waals surface area contributed by atoms with Crippen LogP contribution >= 0.6 is 11.6 Å². The van der Waals surface area contributed by atoms with E-state index in [1.54, 1.807) is 13.2 Å². The lowest BCUT2D eigenvalue weighted by Gasteiger charge is -2.14. The molecule has 2 atom stereocenters. The highest BCUT2D eigenvalue weighted by Gasteiger charge is 2.10. The summed E-state index contributed by atoms with van der Waals surface area (Å²) in [6.07, 6.45) is 0.745. The van der Waals surface area contributed by atoms with Gasteiger partial charge in [-0.25, -0.2) is 0 Å². The van der Waals surface area contributed by atoms with Crippen LogP contribution in [-0.2, 0) is 16.0 Å². The fourth-order valence-corrected chi connectivity index (χ4v) is 2.17. The van der Waals surface area contributed by atoms with Crippen LogP contribution in [0, 0.1) is 0 Å². The Balaban J connectivity index is 2.50. The molecular weight excluding hydrogens is 292 g/mol. The molecule has 118 valence electrons. The summed E-state index contributed by atoms with van der Waals surface area (Å²) >= 11 is 6.13. The molecule has 1 amide bonds. The summed E-state index contributed by atoms with van der Waals surface area (Å²) in [6.45, 7) is 4.17. The lowest BCUT2D eigenvalue weighted by molar-refractivity contribution is -0.124. The Morgan fingerprint density at radius 3 is 2.71 bits per heavy atom. The maximum Gasteiger partial charge on any atom is 0.258 e. The second-order valence-corrected chi connectivity index (χ2v) is 5.57. The van der Waals surface area contributed by atoms with E-state index in [4.69, 9.17) is 26.8 Å². The number of halogens is 1. The molecule has 1 aromatic carbocycles. The number of benzene rings is 1. The van der Waals surface area contributed by atoms with Crippen LogP contribution in [0.2, 0.25) is 5.02 Å². The third-order valence-corrected chi connectivity index (χ3v) is 3.03. The number of carbonyl (C=O) groups is 1. The van der Waals surface area contributed by atoms with Crippen LogP contribution in [0.3, 0.4) is 0 Å². The molecule has 0 aromatic heterocycles. The fraction of sp³-hybridized carbons (Fsp3) is 0.533. The monoisotopic (exact) mass is 314 g/mol. The summed E-state index contributed by atoms with van der Waals surface area (Å²) in [5.41, 5.74) is 6.79. The Bertz CT molecular complexity index is 466. The zero-order valence-electron chi connectivity index (χ0n) is 12.7. The molecule has 0 saturated heterocycles. The molecule has 0 fully saturated rings. The van der Waals surface area contributed by atoms with Crippen molar-refractivity contribution in [2.45, 2.75) is 32.4 Å². The Morgan fingerprint density at radius 2 is 2.14 bits per heavy atom. The van der Waals surface area contributed by atoms with Crippen LogP contribution in [0.5, 0.6) is 5.75 Å². The molecule has 0 aliphatic rings. The molecule has 6 heteroatoms. The normalized spacial score (nSPS) is 13.6. The van der Waals surface area contributed by atoms with Crippen LogP contribution < -0.4 is 15.8 Å². The number of amides is 1. The minimum atomic E-state index is -0.213. The quantitative estimate of drug-likeness (QED) is 0.767. The van der Waals surface area contributed by atoms with Crippen molar-refractivity contribution in [1.82, 2.24) is 5.32 Å². The van der Waals surface area contributed by atoms with Crippen molar-refractivity contribution in [2.75, 3.05) is 20.3 Å². The first-order valence-electron chi connectivity index (χ1n) is 6.87. The van der Waals surface area contributed by atoms with Gasteiger partial charge in [0.25, 0.3) is 5.91 Å². The van der Waals surface area contributed by atoms with Gasteiger partial charge in [-0.2, -0.15) is 0 Å². The van der Waals surface area contributed by atoms with E-state index in [2.05, 4.69) is 5.32 Å². The van der Waals surface area contributed by atoms with Gasteiger partial charge in [-0.05, 0) is 38.0 Å². The van der Waals surface area contributed by atoms with Crippen molar-refractivity contribution in [3.63, 3.8) is 0 Å². The zero-order valence-corrected chi connectivity index (χ0v) is 13.4. The molecule has 0 radical (unpaired) electrons. The number of nitrogens with two attached hydrogens (primary N) is 1. The molecule has 1 rings (SSSR count). The minimum absolute atomic E-state index is 0.0602. The SMILES string of the molecule is COCC(C)NC(=O)COc1ccc(CC(C)N)cc1Cl. The summed E-state index contributed by atoms with van der Waals surface area (Å²) in [4.78, 5) is 11.7. The maximum atomic E-state index is 11.7. The fourth-order valence-electron chi connectivity index (χ4n) is 1.91. The van der Waals surface area contributed by atoms with Crippen LogP contribution in [0.4, 0.5) is 0 Å². The number of carbonyl (C=O) groups excluding carboxylic acids is 1. The first-order valence-corrected chi connectivity index (χ1v) is 7.25. The molecule has 0 aliphatic heterocycles. The summed E-state index contributed by atoms with van der Waals surface area (Å²) in [5.74, 6) is 0.273. The summed E-state index contributed by atoms with van der Waals surface area (Å²) < 4.78 is 10.4. The van der Waals surface area contributed by atoms with Crippen molar-refractivity contribution in [3.05, 3.63) is 28.8 Å². The number of nitrogens with one attached hydrogen (secondary N) is 1. The van der Waals surface area contributed by atoms with E-state index in [0.29, 0.717) is 17.4 Å². The van der Waals surface area contributed by atoms with Crippen molar-refractivity contribution in [2.24, 2.45) is 5.73 Å². The van der Waals surface area contributed by atoms with Gasteiger partial charge >= 0.3 is 0 Å². The number of rotatable bonds is 8. The third kappa shape index (κ3) is 6.80. The first kappa shape index (κ1) is 17.8. The van der Waals surface area contributed by atoms with E-state index in [0.717, 1.165) is 12.0 Å². The average molecular weight is 315 g/mol. The lowest BCUT2D eigenvalue weighted by atomic mass is 10.1. The molecule has 21 heavy (non-hydrogen) atoms. The molecule has 1 aromatic rings. The van der Waals surface area contributed by atoms with Crippen LogP contribution in [-0.4, -0.2) is 38.3 Å². The largest absolute Gasteiger partial charge is 0.482 e. The number of hydrogen-bond donors (Lipinski definition) is 2. The molecule has 2 unspecified atom stereocenters. The highest BCUT2D eigenvalue weighted by molar-refractivity contribution is 6.32. The summed E-state index contributed by atoms with van der Waals surface area (Å²) in [5, 5.41) is 3.24. The maximum absolute atomic E-state index is 11.7. The molecule has 3 N–H and O–H groups in total. The highest BCUT2D eigenvalue weighted by atomic mass is 35.5. The van der Waals surface area contributed by atoms with Gasteiger partial charge in [0.1, 0.15) is 5.75 Å². The Kier molecular flexibility index (Phi) is 7.50. The van der Waals surface area contributed by atoms with E-state index >= 15 is 0 Å². The van der Waals surface area contributed by atoms with Crippen molar-refractivity contribution < 1.29 is 14.3 Å². The van der Waals surface area contributed by atoms with E-state index in [-0.39, 0.29) is 24.6 Å².